The molecule has 0 bridgehead atoms. The zero-order valence-corrected chi connectivity index (χ0v) is 16.5. The highest BCUT2D eigenvalue weighted by Gasteiger charge is 2.66. The Kier molecular flexibility index (Phi) is 4.06. The van der Waals surface area contributed by atoms with Crippen molar-refractivity contribution in [2.45, 2.75) is 18.0 Å². The summed E-state index contributed by atoms with van der Waals surface area (Å²) in [6.07, 6.45) is 1.82. The van der Waals surface area contributed by atoms with Crippen molar-refractivity contribution in [2.24, 2.45) is 11.8 Å². The molecule has 2 aliphatic rings. The second kappa shape index (κ2) is 6.41. The lowest BCUT2D eigenvalue weighted by molar-refractivity contribution is -0.149. The van der Waals surface area contributed by atoms with Crippen molar-refractivity contribution in [3.05, 3.63) is 57.4 Å². The van der Waals surface area contributed by atoms with E-state index >= 15 is 0 Å². The fourth-order valence-electron chi connectivity index (χ4n) is 4.68. The molecule has 148 valence electrons. The Bertz CT molecular complexity index is 1170. The number of aliphatic carboxylic acids is 1. The van der Waals surface area contributed by atoms with Gasteiger partial charge in [-0.15, -0.1) is 11.3 Å². The topological polar surface area (TPSA) is 111 Å². The van der Waals surface area contributed by atoms with E-state index in [1.54, 1.807) is 18.3 Å². The molecule has 2 amide bonds. The van der Waals surface area contributed by atoms with Gasteiger partial charge in [0.15, 0.2) is 0 Å². The Labute approximate surface area is 174 Å². The fraction of sp³-hybridized carbons (Fsp3) is 0.250. The van der Waals surface area contributed by atoms with Crippen LogP contribution in [-0.4, -0.2) is 33.4 Å². The number of fused-ring (bicyclic) bond motifs is 2. The number of hydrogen-bond donors (Lipinski definition) is 4. The molecule has 2 saturated heterocycles. The number of halogens is 1. The summed E-state index contributed by atoms with van der Waals surface area (Å²) in [5, 5.41) is 16.6. The number of carboxylic acid groups (broad SMARTS) is 1. The van der Waals surface area contributed by atoms with Crippen molar-refractivity contribution >= 4 is 51.6 Å². The van der Waals surface area contributed by atoms with Crippen LogP contribution in [0.3, 0.4) is 0 Å². The standard InChI is InChI=1S/C20H16ClN3O4S/c21-13-6-5-12(29-13)16-14-15(18(26)23-17(14)25)20(24-16,19(27)28)7-9-8-22-11-4-2-1-3-10(9)11/h1-6,8,14-16,22,24H,7H2,(H,27,28)(H,23,25,26). The molecule has 7 nitrogen and oxygen atoms in total. The molecule has 9 heteroatoms. The molecule has 0 aliphatic carbocycles. The normalized spacial score (nSPS) is 28.7. The molecule has 4 heterocycles. The van der Waals surface area contributed by atoms with Crippen LogP contribution in [0.25, 0.3) is 10.9 Å². The largest absolute Gasteiger partial charge is 0.480 e. The van der Waals surface area contributed by atoms with Crippen LogP contribution in [0.2, 0.25) is 4.34 Å². The molecule has 0 saturated carbocycles. The number of thiophene rings is 1. The summed E-state index contributed by atoms with van der Waals surface area (Å²) in [6.45, 7) is 0. The van der Waals surface area contributed by atoms with Crippen molar-refractivity contribution < 1.29 is 19.5 Å². The van der Waals surface area contributed by atoms with Crippen LogP contribution in [0.4, 0.5) is 0 Å². The summed E-state index contributed by atoms with van der Waals surface area (Å²) in [6, 6.07) is 10.4. The van der Waals surface area contributed by atoms with E-state index in [1.165, 1.54) is 11.3 Å². The monoisotopic (exact) mass is 429 g/mol. The van der Waals surface area contributed by atoms with E-state index in [0.29, 0.717) is 4.34 Å². The lowest BCUT2D eigenvalue weighted by Gasteiger charge is -2.29. The fourth-order valence-corrected chi connectivity index (χ4v) is 5.84. The van der Waals surface area contributed by atoms with Crippen LogP contribution in [0.1, 0.15) is 16.5 Å². The van der Waals surface area contributed by atoms with Gasteiger partial charge in [0.25, 0.3) is 0 Å². The molecule has 0 radical (unpaired) electrons. The predicted molar refractivity (Wildman–Crippen MR) is 108 cm³/mol. The Hall–Kier alpha value is -2.68. The minimum atomic E-state index is -1.62. The summed E-state index contributed by atoms with van der Waals surface area (Å²) in [5.41, 5.74) is 0.0323. The van der Waals surface area contributed by atoms with E-state index in [-0.39, 0.29) is 6.42 Å². The Morgan fingerprint density at radius 2 is 1.97 bits per heavy atom. The van der Waals surface area contributed by atoms with Gasteiger partial charge in [0.05, 0.1) is 22.2 Å². The molecule has 0 spiro atoms. The maximum atomic E-state index is 12.7. The number of nitrogens with one attached hydrogen (secondary N) is 3. The number of hydrogen-bond acceptors (Lipinski definition) is 5. The minimum absolute atomic E-state index is 0.0593. The average molecular weight is 430 g/mol. The van der Waals surface area contributed by atoms with E-state index in [1.807, 2.05) is 24.3 Å². The molecule has 4 atom stereocenters. The van der Waals surface area contributed by atoms with Crippen LogP contribution in [0, 0.1) is 11.8 Å². The summed E-state index contributed by atoms with van der Waals surface area (Å²) < 4.78 is 0.535. The van der Waals surface area contributed by atoms with Gasteiger partial charge >= 0.3 is 5.97 Å². The summed E-state index contributed by atoms with van der Waals surface area (Å²) in [5.74, 6) is -4.00. The molecule has 2 aromatic heterocycles. The number of rotatable bonds is 4. The number of carbonyl (C=O) groups excluding carboxylic acids is 2. The molecule has 29 heavy (non-hydrogen) atoms. The third kappa shape index (κ3) is 2.63. The SMILES string of the molecule is O=C1NC(=O)C2C1C(c1ccc(Cl)s1)NC2(Cc1c[nH]c2ccccc12)C(=O)O. The maximum absolute atomic E-state index is 12.7. The number of aromatic nitrogens is 1. The summed E-state index contributed by atoms with van der Waals surface area (Å²) in [4.78, 5) is 41.7. The minimum Gasteiger partial charge on any atom is -0.480 e. The first-order valence-electron chi connectivity index (χ1n) is 9.07. The van der Waals surface area contributed by atoms with Crippen LogP contribution in [0.5, 0.6) is 0 Å². The number of imide groups is 1. The van der Waals surface area contributed by atoms with Gasteiger partial charge in [-0.25, -0.2) is 0 Å². The molecule has 4 N–H and O–H groups in total. The highest BCUT2D eigenvalue weighted by atomic mass is 35.5. The van der Waals surface area contributed by atoms with Gasteiger partial charge < -0.3 is 10.1 Å². The smallest absolute Gasteiger partial charge is 0.325 e. The molecule has 5 rings (SSSR count). The van der Waals surface area contributed by atoms with E-state index < -0.39 is 41.2 Å². The Morgan fingerprint density at radius 1 is 1.17 bits per heavy atom. The highest BCUT2D eigenvalue weighted by Crippen LogP contribution is 2.49. The lowest BCUT2D eigenvalue weighted by Crippen LogP contribution is -2.57. The van der Waals surface area contributed by atoms with Crippen LogP contribution in [0.15, 0.2) is 42.6 Å². The first kappa shape index (κ1) is 18.4. The van der Waals surface area contributed by atoms with Gasteiger partial charge in [-0.05, 0) is 23.8 Å². The third-order valence-electron chi connectivity index (χ3n) is 5.92. The molecule has 2 fully saturated rings. The molecule has 2 aliphatic heterocycles. The number of benzene rings is 1. The second-order valence-corrected chi connectivity index (χ2v) is 9.18. The number of carboxylic acids is 1. The van der Waals surface area contributed by atoms with Crippen molar-refractivity contribution in [1.82, 2.24) is 15.6 Å². The van der Waals surface area contributed by atoms with E-state index in [9.17, 15) is 19.5 Å². The van der Waals surface area contributed by atoms with Crippen molar-refractivity contribution in [3.63, 3.8) is 0 Å². The number of aromatic amines is 1. The Morgan fingerprint density at radius 3 is 2.69 bits per heavy atom. The van der Waals surface area contributed by atoms with E-state index in [2.05, 4.69) is 15.6 Å². The lowest BCUT2D eigenvalue weighted by atomic mass is 9.76. The number of para-hydroxylation sites is 1. The maximum Gasteiger partial charge on any atom is 0.325 e. The average Bonchev–Trinajstić information content (AvgIpc) is 3.42. The predicted octanol–water partition coefficient (Wildman–Crippen LogP) is 2.48. The quantitative estimate of drug-likeness (QED) is 0.476. The van der Waals surface area contributed by atoms with E-state index in [4.69, 9.17) is 11.6 Å². The van der Waals surface area contributed by atoms with Crippen molar-refractivity contribution in [3.8, 4) is 0 Å². The van der Waals surface area contributed by atoms with Crippen molar-refractivity contribution in [1.29, 1.82) is 0 Å². The molecular formula is C20H16ClN3O4S. The van der Waals surface area contributed by atoms with Crippen molar-refractivity contribution in [2.75, 3.05) is 0 Å². The number of amides is 2. The highest BCUT2D eigenvalue weighted by molar-refractivity contribution is 7.16. The first-order valence-corrected chi connectivity index (χ1v) is 10.3. The van der Waals surface area contributed by atoms with Crippen LogP contribution in [-0.2, 0) is 20.8 Å². The van der Waals surface area contributed by atoms with Gasteiger partial charge in [0.1, 0.15) is 5.54 Å². The molecule has 1 aromatic carbocycles. The molecule has 4 unspecified atom stereocenters. The molecule has 3 aromatic rings. The van der Waals surface area contributed by atoms with E-state index in [0.717, 1.165) is 21.3 Å². The second-order valence-electron chi connectivity index (χ2n) is 7.43. The van der Waals surface area contributed by atoms with Crippen LogP contribution < -0.4 is 10.6 Å². The molecular weight excluding hydrogens is 414 g/mol. The number of H-pyrrole nitrogens is 1. The zero-order valence-electron chi connectivity index (χ0n) is 14.9. The zero-order chi connectivity index (χ0) is 20.3. The van der Waals surface area contributed by atoms with Gasteiger partial charge in [-0.3, -0.25) is 25.0 Å². The van der Waals surface area contributed by atoms with Gasteiger partial charge in [-0.1, -0.05) is 29.8 Å². The summed E-state index contributed by atoms with van der Waals surface area (Å²) >= 11 is 7.34. The van der Waals surface area contributed by atoms with Gasteiger partial charge in [-0.2, -0.15) is 0 Å². The number of carbonyl (C=O) groups is 3. The van der Waals surface area contributed by atoms with Crippen LogP contribution >= 0.6 is 22.9 Å². The third-order valence-corrected chi connectivity index (χ3v) is 7.23. The summed E-state index contributed by atoms with van der Waals surface area (Å²) in [7, 11) is 0. The van der Waals surface area contributed by atoms with Gasteiger partial charge in [0.2, 0.25) is 11.8 Å². The first-order chi connectivity index (χ1) is 13.9. The Balaban J connectivity index is 1.64. The van der Waals surface area contributed by atoms with Gasteiger partial charge in [0, 0.05) is 28.4 Å².